The van der Waals surface area contributed by atoms with Crippen LogP contribution in [0, 0.1) is 23.2 Å². The lowest BCUT2D eigenvalue weighted by Crippen LogP contribution is -2.55. The number of hydrogen-bond donors (Lipinski definition) is 2. The first-order chi connectivity index (χ1) is 11.3. The Morgan fingerprint density at radius 2 is 1.58 bits per heavy atom. The number of amides is 2. The fourth-order valence-corrected chi connectivity index (χ4v) is 7.60. The Morgan fingerprint density at radius 1 is 1.00 bits per heavy atom. The molecule has 4 saturated carbocycles. The van der Waals surface area contributed by atoms with E-state index in [4.69, 9.17) is 0 Å². The van der Waals surface area contributed by atoms with Crippen LogP contribution in [-0.2, 0) is 19.4 Å². The zero-order valence-electron chi connectivity index (χ0n) is 13.9. The van der Waals surface area contributed by atoms with Gasteiger partial charge in [0.15, 0.2) is 9.84 Å². The Bertz CT molecular complexity index is 622. The Balaban J connectivity index is 1.30. The zero-order chi connectivity index (χ0) is 16.9. The third kappa shape index (κ3) is 3.07. The molecule has 6 nitrogen and oxygen atoms in total. The zero-order valence-corrected chi connectivity index (χ0v) is 14.7. The van der Waals surface area contributed by atoms with Gasteiger partial charge in [0.2, 0.25) is 11.8 Å². The summed E-state index contributed by atoms with van der Waals surface area (Å²) in [5.74, 6) is 1.99. The molecule has 0 spiro atoms. The molecule has 5 fully saturated rings. The molecule has 5 rings (SSSR count). The largest absolute Gasteiger partial charge is 0.351 e. The third-order valence-corrected chi connectivity index (χ3v) is 8.29. The molecule has 0 aromatic rings. The van der Waals surface area contributed by atoms with Crippen molar-refractivity contribution in [2.45, 2.75) is 51.0 Å². The van der Waals surface area contributed by atoms with Crippen molar-refractivity contribution in [2.24, 2.45) is 23.2 Å². The summed E-state index contributed by atoms with van der Waals surface area (Å²) in [6.45, 7) is -0.0445. The molecular weight excluding hydrogens is 328 g/mol. The van der Waals surface area contributed by atoms with Crippen molar-refractivity contribution in [2.75, 3.05) is 18.1 Å². The third-order valence-electron chi connectivity index (χ3n) is 6.53. The first kappa shape index (κ1) is 16.4. The lowest BCUT2D eigenvalue weighted by molar-refractivity contribution is -0.147. The van der Waals surface area contributed by atoms with Gasteiger partial charge >= 0.3 is 0 Å². The van der Waals surface area contributed by atoms with Crippen LogP contribution in [0.25, 0.3) is 0 Å². The van der Waals surface area contributed by atoms with Gasteiger partial charge in [0.25, 0.3) is 0 Å². The summed E-state index contributed by atoms with van der Waals surface area (Å²) in [6, 6.07) is -0.307. The van der Waals surface area contributed by atoms with E-state index in [2.05, 4.69) is 10.6 Å². The van der Waals surface area contributed by atoms with Gasteiger partial charge in [-0.15, -0.1) is 0 Å². The normalized spacial score (nSPS) is 42.0. The molecule has 1 unspecified atom stereocenters. The summed E-state index contributed by atoms with van der Waals surface area (Å²) in [7, 11) is -3.01. The van der Waals surface area contributed by atoms with Crippen LogP contribution >= 0.6 is 0 Å². The molecule has 24 heavy (non-hydrogen) atoms. The molecule has 0 radical (unpaired) electrons. The fraction of sp³-hybridized carbons (Fsp3) is 0.882. The minimum absolute atomic E-state index is 0.0155. The summed E-state index contributed by atoms with van der Waals surface area (Å²) < 4.78 is 22.9. The predicted molar refractivity (Wildman–Crippen MR) is 88.8 cm³/mol. The van der Waals surface area contributed by atoms with Crippen molar-refractivity contribution in [1.29, 1.82) is 0 Å². The highest BCUT2D eigenvalue weighted by Crippen LogP contribution is 2.60. The lowest BCUT2D eigenvalue weighted by Gasteiger charge is -2.55. The number of nitrogens with one attached hydrogen (secondary N) is 2. The van der Waals surface area contributed by atoms with Crippen molar-refractivity contribution in [3.63, 3.8) is 0 Å². The van der Waals surface area contributed by atoms with E-state index in [1.54, 1.807) is 0 Å². The lowest BCUT2D eigenvalue weighted by atomic mass is 9.49. The molecule has 2 N–H and O–H groups in total. The maximum absolute atomic E-state index is 12.8. The van der Waals surface area contributed by atoms with Gasteiger partial charge in [-0.25, -0.2) is 8.42 Å². The van der Waals surface area contributed by atoms with E-state index in [1.807, 2.05) is 0 Å². The topological polar surface area (TPSA) is 92.3 Å². The van der Waals surface area contributed by atoms with Gasteiger partial charge in [0.1, 0.15) is 0 Å². The summed E-state index contributed by atoms with van der Waals surface area (Å²) in [4.78, 5) is 24.8. The van der Waals surface area contributed by atoms with Crippen LogP contribution in [-0.4, -0.2) is 44.3 Å². The molecule has 4 aliphatic carbocycles. The second-order valence-corrected chi connectivity index (χ2v) is 10.8. The molecule has 7 heteroatoms. The van der Waals surface area contributed by atoms with E-state index in [-0.39, 0.29) is 41.3 Å². The highest BCUT2D eigenvalue weighted by Gasteiger charge is 2.54. The standard InChI is InChI=1S/C17H26N2O4S/c20-15(19-14-1-2-24(22,23)10-14)9-18-16(21)17-6-11-3-12(7-17)5-13(4-11)8-17/h11-14H,1-10H2,(H,18,21)(H,19,20). The summed E-state index contributed by atoms with van der Waals surface area (Å²) in [5, 5.41) is 5.56. The van der Waals surface area contributed by atoms with Gasteiger partial charge in [-0.3, -0.25) is 9.59 Å². The maximum Gasteiger partial charge on any atom is 0.239 e. The Kier molecular flexibility index (Phi) is 3.90. The molecule has 134 valence electrons. The first-order valence-corrected chi connectivity index (χ1v) is 10.9. The van der Waals surface area contributed by atoms with Gasteiger partial charge in [-0.1, -0.05) is 0 Å². The Morgan fingerprint density at radius 3 is 2.08 bits per heavy atom. The van der Waals surface area contributed by atoms with E-state index in [0.29, 0.717) is 24.2 Å². The molecule has 1 saturated heterocycles. The number of carbonyl (C=O) groups is 2. The monoisotopic (exact) mass is 354 g/mol. The number of hydrogen-bond acceptors (Lipinski definition) is 4. The quantitative estimate of drug-likeness (QED) is 0.774. The smallest absolute Gasteiger partial charge is 0.239 e. The maximum atomic E-state index is 12.8. The van der Waals surface area contributed by atoms with Crippen molar-refractivity contribution < 1.29 is 18.0 Å². The van der Waals surface area contributed by atoms with Crippen LogP contribution in [0.4, 0.5) is 0 Å². The van der Waals surface area contributed by atoms with Crippen LogP contribution in [0.5, 0.6) is 0 Å². The molecule has 5 aliphatic rings. The van der Waals surface area contributed by atoms with E-state index in [0.717, 1.165) is 19.3 Å². The van der Waals surface area contributed by atoms with Gasteiger partial charge in [-0.2, -0.15) is 0 Å². The molecule has 0 aromatic heterocycles. The Labute approximate surface area is 143 Å². The van der Waals surface area contributed by atoms with Gasteiger partial charge in [-0.05, 0) is 62.7 Å². The van der Waals surface area contributed by atoms with E-state index in [1.165, 1.54) is 19.3 Å². The van der Waals surface area contributed by atoms with Crippen LogP contribution < -0.4 is 10.6 Å². The predicted octanol–water partition coefficient (Wildman–Crippen LogP) is 0.622. The number of rotatable bonds is 4. The van der Waals surface area contributed by atoms with Crippen molar-refractivity contribution in [3.8, 4) is 0 Å². The van der Waals surface area contributed by atoms with Crippen molar-refractivity contribution in [1.82, 2.24) is 10.6 Å². The fourth-order valence-electron chi connectivity index (χ4n) is 5.92. The molecule has 2 amide bonds. The first-order valence-electron chi connectivity index (χ1n) is 9.12. The van der Waals surface area contributed by atoms with Crippen molar-refractivity contribution >= 4 is 21.7 Å². The number of carbonyl (C=O) groups excluding carboxylic acids is 2. The van der Waals surface area contributed by atoms with E-state index < -0.39 is 9.84 Å². The van der Waals surface area contributed by atoms with Crippen LogP contribution in [0.3, 0.4) is 0 Å². The molecular formula is C17H26N2O4S. The molecule has 1 heterocycles. The molecule has 1 atom stereocenters. The molecule has 0 aromatic carbocycles. The summed E-state index contributed by atoms with van der Waals surface area (Å²) >= 11 is 0. The van der Waals surface area contributed by atoms with Crippen molar-refractivity contribution in [3.05, 3.63) is 0 Å². The second-order valence-electron chi connectivity index (χ2n) is 8.55. The Hall–Kier alpha value is -1.11. The summed E-state index contributed by atoms with van der Waals surface area (Å²) in [5.41, 5.74) is -0.244. The minimum atomic E-state index is -3.01. The van der Waals surface area contributed by atoms with Gasteiger partial charge in [0.05, 0.1) is 18.1 Å². The van der Waals surface area contributed by atoms with E-state index in [9.17, 15) is 18.0 Å². The van der Waals surface area contributed by atoms with Crippen LogP contribution in [0.2, 0.25) is 0 Å². The highest BCUT2D eigenvalue weighted by molar-refractivity contribution is 7.91. The average molecular weight is 354 g/mol. The van der Waals surface area contributed by atoms with Gasteiger partial charge in [0, 0.05) is 11.5 Å². The summed E-state index contributed by atoms with van der Waals surface area (Å²) in [6.07, 6.45) is 7.25. The van der Waals surface area contributed by atoms with Crippen LogP contribution in [0.1, 0.15) is 44.9 Å². The van der Waals surface area contributed by atoms with Gasteiger partial charge < -0.3 is 10.6 Å². The second kappa shape index (κ2) is 5.71. The molecule has 1 aliphatic heterocycles. The highest BCUT2D eigenvalue weighted by atomic mass is 32.2. The minimum Gasteiger partial charge on any atom is -0.351 e. The molecule has 4 bridgehead atoms. The average Bonchev–Trinajstić information content (AvgIpc) is 2.82. The number of sulfone groups is 1. The van der Waals surface area contributed by atoms with Crippen LogP contribution in [0.15, 0.2) is 0 Å². The SMILES string of the molecule is O=C(CNC(=O)C12CC3CC(CC(C3)C1)C2)NC1CCS(=O)(=O)C1. The van der Waals surface area contributed by atoms with E-state index >= 15 is 0 Å².